The van der Waals surface area contributed by atoms with E-state index >= 15 is 0 Å². The summed E-state index contributed by atoms with van der Waals surface area (Å²) < 4.78 is 1.66. The summed E-state index contributed by atoms with van der Waals surface area (Å²) in [5.74, 6) is 0.934. The number of hydrogen-bond donors (Lipinski definition) is 1. The molecule has 3 rings (SSSR count). The van der Waals surface area contributed by atoms with Gasteiger partial charge in [0.05, 0.1) is 12.2 Å². The van der Waals surface area contributed by atoms with Gasteiger partial charge in [0, 0.05) is 24.6 Å². The molecule has 1 aliphatic rings. The van der Waals surface area contributed by atoms with Crippen LogP contribution in [0, 0.1) is 12.8 Å². The minimum Gasteiger partial charge on any atom is -0.310 e. The molecule has 1 N–H and O–H groups in total. The molecule has 1 aliphatic heterocycles. The summed E-state index contributed by atoms with van der Waals surface area (Å²) in [4.78, 5) is 26.8. The summed E-state index contributed by atoms with van der Waals surface area (Å²) in [6.45, 7) is 3.77. The summed E-state index contributed by atoms with van der Waals surface area (Å²) >= 11 is 0. The molecule has 1 fully saturated rings. The summed E-state index contributed by atoms with van der Waals surface area (Å²) in [6.07, 6.45) is 1.59. The van der Waals surface area contributed by atoms with Crippen LogP contribution in [0.4, 0.5) is 5.82 Å². The normalized spacial score (nSPS) is 15.9. The number of piperidine rings is 1. The van der Waals surface area contributed by atoms with Crippen LogP contribution in [-0.2, 0) is 11.8 Å². The molecule has 0 spiro atoms. The van der Waals surface area contributed by atoms with Crippen LogP contribution in [0.5, 0.6) is 0 Å². The average Bonchev–Trinajstić information content (AvgIpc) is 2.92. The first-order valence-corrected chi connectivity index (χ1v) is 8.65. The number of aromatic nitrogens is 2. The number of likely N-dealkylation sites (tertiary alicyclic amines) is 1. The third kappa shape index (κ3) is 4.33. The standard InChI is InChI=1S/C19H24N4O2/c1-14-12-17(22(2)21-14)20-18(24)13-23-10-8-16(9-11-23)19(25)15-6-4-3-5-7-15/h3-7,12,16H,8-11,13H2,1-2H3,(H,20,24). The number of anilines is 1. The molecule has 2 heterocycles. The van der Waals surface area contributed by atoms with Gasteiger partial charge in [-0.05, 0) is 32.9 Å². The van der Waals surface area contributed by atoms with Crippen LogP contribution in [-0.4, -0.2) is 46.0 Å². The van der Waals surface area contributed by atoms with Gasteiger partial charge in [0.15, 0.2) is 5.78 Å². The minimum atomic E-state index is -0.0455. The Kier molecular flexibility index (Phi) is 5.28. The lowest BCUT2D eigenvalue weighted by molar-refractivity contribution is -0.117. The van der Waals surface area contributed by atoms with Crippen molar-refractivity contribution < 1.29 is 9.59 Å². The highest BCUT2D eigenvalue weighted by atomic mass is 16.2. The van der Waals surface area contributed by atoms with Crippen molar-refractivity contribution in [2.45, 2.75) is 19.8 Å². The minimum absolute atomic E-state index is 0.0455. The molecule has 6 heteroatoms. The van der Waals surface area contributed by atoms with E-state index < -0.39 is 0 Å². The number of nitrogens with one attached hydrogen (secondary N) is 1. The molecule has 1 aromatic heterocycles. The van der Waals surface area contributed by atoms with E-state index in [1.54, 1.807) is 4.68 Å². The van der Waals surface area contributed by atoms with Crippen molar-refractivity contribution in [2.75, 3.05) is 25.0 Å². The molecule has 1 aromatic carbocycles. The topological polar surface area (TPSA) is 67.2 Å². The van der Waals surface area contributed by atoms with E-state index in [4.69, 9.17) is 0 Å². The molecule has 0 saturated carbocycles. The van der Waals surface area contributed by atoms with Gasteiger partial charge in [-0.25, -0.2) is 0 Å². The maximum Gasteiger partial charge on any atom is 0.239 e. The molecule has 0 radical (unpaired) electrons. The van der Waals surface area contributed by atoms with Gasteiger partial charge in [-0.15, -0.1) is 0 Å². The fraction of sp³-hybridized carbons (Fsp3) is 0.421. The van der Waals surface area contributed by atoms with Gasteiger partial charge in [-0.3, -0.25) is 19.2 Å². The van der Waals surface area contributed by atoms with E-state index in [0.717, 1.165) is 37.2 Å². The van der Waals surface area contributed by atoms with Gasteiger partial charge in [0.1, 0.15) is 5.82 Å². The van der Waals surface area contributed by atoms with Crippen molar-refractivity contribution in [3.05, 3.63) is 47.7 Å². The van der Waals surface area contributed by atoms with Crippen LogP contribution in [0.25, 0.3) is 0 Å². The maximum atomic E-state index is 12.5. The molecule has 0 atom stereocenters. The first-order chi connectivity index (χ1) is 12.0. The van der Waals surface area contributed by atoms with Gasteiger partial charge < -0.3 is 5.32 Å². The second-order valence-corrected chi connectivity index (χ2v) is 6.62. The molecule has 1 saturated heterocycles. The largest absolute Gasteiger partial charge is 0.310 e. The first kappa shape index (κ1) is 17.4. The molecule has 1 amide bonds. The second kappa shape index (κ2) is 7.61. The number of nitrogens with zero attached hydrogens (tertiary/aromatic N) is 3. The van der Waals surface area contributed by atoms with Crippen molar-refractivity contribution in [3.63, 3.8) is 0 Å². The number of carbonyl (C=O) groups is 2. The molecule has 0 aliphatic carbocycles. The van der Waals surface area contributed by atoms with Crippen molar-refractivity contribution >= 4 is 17.5 Å². The lowest BCUT2D eigenvalue weighted by Gasteiger charge is -2.30. The lowest BCUT2D eigenvalue weighted by Crippen LogP contribution is -2.40. The zero-order chi connectivity index (χ0) is 17.8. The summed E-state index contributed by atoms with van der Waals surface area (Å²) in [6, 6.07) is 11.3. The van der Waals surface area contributed by atoms with Crippen LogP contribution in [0.1, 0.15) is 28.9 Å². The van der Waals surface area contributed by atoms with Crippen molar-refractivity contribution in [1.82, 2.24) is 14.7 Å². The zero-order valence-electron chi connectivity index (χ0n) is 14.7. The predicted octanol–water partition coefficient (Wildman–Crippen LogP) is 2.26. The Balaban J connectivity index is 1.48. The average molecular weight is 340 g/mol. The summed E-state index contributed by atoms with van der Waals surface area (Å²) in [5.41, 5.74) is 1.66. The van der Waals surface area contributed by atoms with E-state index in [1.807, 2.05) is 50.4 Å². The van der Waals surface area contributed by atoms with E-state index in [9.17, 15) is 9.59 Å². The SMILES string of the molecule is Cc1cc(NC(=O)CN2CCC(C(=O)c3ccccc3)CC2)n(C)n1. The molecular weight excluding hydrogens is 316 g/mol. The monoisotopic (exact) mass is 340 g/mol. The second-order valence-electron chi connectivity index (χ2n) is 6.62. The number of Topliss-reactive ketones (excluding diaryl/α,β-unsaturated/α-hetero) is 1. The Morgan fingerprint density at radius 3 is 2.48 bits per heavy atom. The maximum absolute atomic E-state index is 12.5. The molecule has 25 heavy (non-hydrogen) atoms. The molecular formula is C19H24N4O2. The Labute approximate surface area is 147 Å². The van der Waals surface area contributed by atoms with Gasteiger partial charge in [0.2, 0.25) is 5.91 Å². The number of hydrogen-bond acceptors (Lipinski definition) is 4. The highest BCUT2D eigenvalue weighted by molar-refractivity contribution is 5.98. The molecule has 6 nitrogen and oxygen atoms in total. The quantitative estimate of drug-likeness (QED) is 0.848. The Hall–Kier alpha value is -2.47. The zero-order valence-corrected chi connectivity index (χ0v) is 14.7. The van der Waals surface area contributed by atoms with Gasteiger partial charge in [-0.2, -0.15) is 5.10 Å². The van der Waals surface area contributed by atoms with Crippen LogP contribution in [0.3, 0.4) is 0 Å². The number of aryl methyl sites for hydroxylation is 2. The molecule has 0 unspecified atom stereocenters. The number of rotatable bonds is 5. The van der Waals surface area contributed by atoms with Crippen molar-refractivity contribution in [3.8, 4) is 0 Å². The van der Waals surface area contributed by atoms with Gasteiger partial charge in [0.25, 0.3) is 0 Å². The van der Waals surface area contributed by atoms with Crippen LogP contribution in [0.2, 0.25) is 0 Å². The Morgan fingerprint density at radius 1 is 1.20 bits per heavy atom. The van der Waals surface area contributed by atoms with Crippen LogP contribution >= 0.6 is 0 Å². The lowest BCUT2D eigenvalue weighted by atomic mass is 9.89. The van der Waals surface area contributed by atoms with Crippen molar-refractivity contribution in [2.24, 2.45) is 13.0 Å². The summed E-state index contributed by atoms with van der Waals surface area (Å²) in [7, 11) is 1.81. The van der Waals surface area contributed by atoms with Crippen molar-refractivity contribution in [1.29, 1.82) is 0 Å². The number of amides is 1. The smallest absolute Gasteiger partial charge is 0.239 e. The molecule has 2 aromatic rings. The Bertz CT molecular complexity index is 746. The van der Waals surface area contributed by atoms with E-state index in [1.165, 1.54) is 0 Å². The van der Waals surface area contributed by atoms with Crippen LogP contribution in [0.15, 0.2) is 36.4 Å². The Morgan fingerprint density at radius 2 is 1.88 bits per heavy atom. The summed E-state index contributed by atoms with van der Waals surface area (Å²) in [5, 5.41) is 7.11. The van der Waals surface area contributed by atoms with E-state index in [0.29, 0.717) is 12.4 Å². The van der Waals surface area contributed by atoms with Gasteiger partial charge in [-0.1, -0.05) is 30.3 Å². The fourth-order valence-corrected chi connectivity index (χ4v) is 3.30. The first-order valence-electron chi connectivity index (χ1n) is 8.65. The third-order valence-electron chi connectivity index (χ3n) is 4.65. The number of benzene rings is 1. The van der Waals surface area contributed by atoms with E-state index in [-0.39, 0.29) is 17.6 Å². The highest BCUT2D eigenvalue weighted by Crippen LogP contribution is 2.21. The molecule has 0 bridgehead atoms. The van der Waals surface area contributed by atoms with E-state index in [2.05, 4.69) is 15.3 Å². The molecule has 132 valence electrons. The van der Waals surface area contributed by atoms with Gasteiger partial charge >= 0.3 is 0 Å². The van der Waals surface area contributed by atoms with Crippen LogP contribution < -0.4 is 5.32 Å². The third-order valence-corrected chi connectivity index (χ3v) is 4.65. The number of ketones is 1. The number of carbonyl (C=O) groups excluding carboxylic acids is 2. The fourth-order valence-electron chi connectivity index (χ4n) is 3.30. The predicted molar refractivity (Wildman–Crippen MR) is 96.5 cm³/mol. The highest BCUT2D eigenvalue weighted by Gasteiger charge is 2.26.